The van der Waals surface area contributed by atoms with Crippen molar-refractivity contribution in [2.45, 2.75) is 19.8 Å². The van der Waals surface area contributed by atoms with E-state index in [1.165, 1.54) is 16.3 Å². The zero-order valence-corrected chi connectivity index (χ0v) is 14.4. The molecule has 0 radical (unpaired) electrons. The van der Waals surface area contributed by atoms with Gasteiger partial charge in [0, 0.05) is 17.2 Å². The van der Waals surface area contributed by atoms with Crippen LogP contribution >= 0.6 is 0 Å². The molecule has 0 N–H and O–H groups in total. The van der Waals surface area contributed by atoms with Crippen LogP contribution in [0, 0.1) is 0 Å². The Hall–Kier alpha value is -3.00. The molecule has 25 heavy (non-hydrogen) atoms. The highest BCUT2D eigenvalue weighted by molar-refractivity contribution is 5.92. The van der Waals surface area contributed by atoms with Gasteiger partial charge in [0.1, 0.15) is 5.78 Å². The fourth-order valence-corrected chi connectivity index (χ4v) is 2.69. The summed E-state index contributed by atoms with van der Waals surface area (Å²) in [5, 5.41) is 2.40. The lowest BCUT2D eigenvalue weighted by molar-refractivity contribution is -0.116. The first-order valence-corrected chi connectivity index (χ1v) is 8.50. The topological polar surface area (TPSA) is 30.0 Å². The van der Waals surface area contributed by atoms with Crippen LogP contribution in [0.4, 0.5) is 0 Å². The zero-order chi connectivity index (χ0) is 17.5. The number of aryl methyl sites for hydroxylation is 1. The molecule has 3 aromatic carbocycles. The van der Waals surface area contributed by atoms with E-state index < -0.39 is 0 Å². The number of ketones is 1. The minimum Gasteiger partial charge on any atom is -0.300 e. The summed E-state index contributed by atoms with van der Waals surface area (Å²) in [5.74, 6) is 0.258. The molecule has 0 fully saturated rings. The molecule has 0 aliphatic heterocycles. The van der Waals surface area contributed by atoms with E-state index in [0.717, 1.165) is 17.5 Å². The molecule has 0 aliphatic carbocycles. The van der Waals surface area contributed by atoms with Gasteiger partial charge >= 0.3 is 0 Å². The SMILES string of the molecule is CC(=O)CCc1ccccc1.c1ccc2nc3ccccc3cc2c1. The molecule has 0 amide bonds. The van der Waals surface area contributed by atoms with Gasteiger partial charge < -0.3 is 4.79 Å². The number of hydrogen-bond donors (Lipinski definition) is 0. The van der Waals surface area contributed by atoms with E-state index in [4.69, 9.17) is 0 Å². The number of hydrogen-bond acceptors (Lipinski definition) is 2. The number of para-hydroxylation sites is 2. The second-order valence-electron chi connectivity index (χ2n) is 6.06. The standard InChI is InChI=1S/C13H9N.C10H12O/c1-3-7-12-10(5-1)9-11-6-2-4-8-13(11)14-12;1-9(11)7-8-10-5-3-2-4-6-10/h1-9H;2-6H,7-8H2,1H3. The second-order valence-corrected chi connectivity index (χ2v) is 6.06. The fraction of sp³-hybridized carbons (Fsp3) is 0.130. The van der Waals surface area contributed by atoms with Crippen LogP contribution in [0.25, 0.3) is 21.8 Å². The van der Waals surface area contributed by atoms with E-state index in [2.05, 4.69) is 23.2 Å². The molecular formula is C23H21NO. The van der Waals surface area contributed by atoms with Crippen molar-refractivity contribution in [3.63, 3.8) is 0 Å². The van der Waals surface area contributed by atoms with E-state index in [-0.39, 0.29) is 5.78 Å². The van der Waals surface area contributed by atoms with Gasteiger partial charge in [-0.2, -0.15) is 0 Å². The molecule has 0 saturated carbocycles. The van der Waals surface area contributed by atoms with E-state index in [0.29, 0.717) is 6.42 Å². The van der Waals surface area contributed by atoms with Crippen LogP contribution in [0.1, 0.15) is 18.9 Å². The normalized spacial score (nSPS) is 10.3. The van der Waals surface area contributed by atoms with Crippen molar-refractivity contribution in [3.05, 3.63) is 90.5 Å². The predicted molar refractivity (Wildman–Crippen MR) is 105 cm³/mol. The van der Waals surface area contributed by atoms with Gasteiger partial charge in [-0.1, -0.05) is 66.7 Å². The lowest BCUT2D eigenvalue weighted by atomic mass is 10.1. The van der Waals surface area contributed by atoms with Crippen molar-refractivity contribution in [2.24, 2.45) is 0 Å². The monoisotopic (exact) mass is 327 g/mol. The summed E-state index contributed by atoms with van der Waals surface area (Å²) in [4.78, 5) is 15.2. The lowest BCUT2D eigenvalue weighted by Crippen LogP contribution is -1.92. The average molecular weight is 327 g/mol. The number of fused-ring (bicyclic) bond motifs is 2. The Morgan fingerprint density at radius 1 is 0.760 bits per heavy atom. The van der Waals surface area contributed by atoms with Crippen molar-refractivity contribution in [3.8, 4) is 0 Å². The number of nitrogens with zero attached hydrogens (tertiary/aromatic N) is 1. The number of aromatic nitrogens is 1. The Morgan fingerprint density at radius 2 is 1.28 bits per heavy atom. The van der Waals surface area contributed by atoms with Gasteiger partial charge in [0.15, 0.2) is 0 Å². The van der Waals surface area contributed by atoms with Crippen LogP contribution in [0.5, 0.6) is 0 Å². The maximum absolute atomic E-state index is 10.6. The number of rotatable bonds is 3. The lowest BCUT2D eigenvalue weighted by Gasteiger charge is -1.99. The van der Waals surface area contributed by atoms with Gasteiger partial charge in [-0.05, 0) is 37.1 Å². The van der Waals surface area contributed by atoms with Gasteiger partial charge in [-0.25, -0.2) is 4.98 Å². The molecule has 1 aromatic heterocycles. The van der Waals surface area contributed by atoms with E-state index >= 15 is 0 Å². The average Bonchev–Trinajstić information content (AvgIpc) is 2.66. The molecule has 0 bridgehead atoms. The quantitative estimate of drug-likeness (QED) is 0.459. The summed E-state index contributed by atoms with van der Waals surface area (Å²) in [6.45, 7) is 1.63. The third-order valence-corrected chi connectivity index (χ3v) is 4.03. The first-order chi connectivity index (χ1) is 12.2. The first-order valence-electron chi connectivity index (χ1n) is 8.50. The Kier molecular flexibility index (Phi) is 5.53. The van der Waals surface area contributed by atoms with Gasteiger partial charge in [0.05, 0.1) is 11.0 Å². The summed E-state index contributed by atoms with van der Waals surface area (Å²) >= 11 is 0. The summed E-state index contributed by atoms with van der Waals surface area (Å²) in [6.07, 6.45) is 1.53. The number of carbonyl (C=O) groups is 1. The Bertz CT molecular complexity index is 872. The summed E-state index contributed by atoms with van der Waals surface area (Å²) < 4.78 is 0. The predicted octanol–water partition coefficient (Wildman–Crippen LogP) is 5.60. The number of Topliss-reactive ketones (excluding diaryl/α,β-unsaturated/α-hetero) is 1. The molecule has 2 nitrogen and oxygen atoms in total. The molecule has 4 rings (SSSR count). The third kappa shape index (κ3) is 4.74. The molecule has 0 unspecified atom stereocenters. The van der Waals surface area contributed by atoms with Crippen molar-refractivity contribution in [1.82, 2.24) is 4.98 Å². The largest absolute Gasteiger partial charge is 0.300 e. The smallest absolute Gasteiger partial charge is 0.130 e. The zero-order valence-electron chi connectivity index (χ0n) is 14.4. The van der Waals surface area contributed by atoms with Crippen molar-refractivity contribution in [2.75, 3.05) is 0 Å². The molecule has 0 atom stereocenters. The van der Waals surface area contributed by atoms with Crippen molar-refractivity contribution >= 4 is 27.6 Å². The molecule has 0 aliphatic rings. The maximum atomic E-state index is 10.6. The van der Waals surface area contributed by atoms with Gasteiger partial charge in [-0.3, -0.25) is 0 Å². The van der Waals surface area contributed by atoms with Gasteiger partial charge in [-0.15, -0.1) is 0 Å². The highest BCUT2D eigenvalue weighted by atomic mass is 16.1. The third-order valence-electron chi connectivity index (χ3n) is 4.03. The Balaban J connectivity index is 0.000000151. The first kappa shape index (κ1) is 16.8. The molecule has 1 heterocycles. The summed E-state index contributed by atoms with van der Waals surface area (Å²) in [5.41, 5.74) is 3.36. The van der Waals surface area contributed by atoms with Gasteiger partial charge in [0.25, 0.3) is 0 Å². The van der Waals surface area contributed by atoms with Crippen molar-refractivity contribution in [1.29, 1.82) is 0 Å². The number of benzene rings is 3. The molecule has 4 aromatic rings. The number of pyridine rings is 1. The van der Waals surface area contributed by atoms with Crippen LogP contribution in [0.2, 0.25) is 0 Å². The Morgan fingerprint density at radius 3 is 1.84 bits per heavy atom. The van der Waals surface area contributed by atoms with E-state index in [9.17, 15) is 4.79 Å². The molecule has 2 heteroatoms. The highest BCUT2D eigenvalue weighted by Crippen LogP contribution is 2.18. The molecule has 0 saturated heterocycles. The fourth-order valence-electron chi connectivity index (χ4n) is 2.69. The van der Waals surface area contributed by atoms with Gasteiger partial charge in [0.2, 0.25) is 0 Å². The van der Waals surface area contributed by atoms with Crippen molar-refractivity contribution < 1.29 is 4.79 Å². The van der Waals surface area contributed by atoms with E-state index in [1.807, 2.05) is 66.7 Å². The molecule has 124 valence electrons. The molecular weight excluding hydrogens is 306 g/mol. The minimum absolute atomic E-state index is 0.258. The van der Waals surface area contributed by atoms with Crippen LogP contribution in [0.15, 0.2) is 84.9 Å². The molecule has 0 spiro atoms. The van der Waals surface area contributed by atoms with Crippen LogP contribution in [0.3, 0.4) is 0 Å². The van der Waals surface area contributed by atoms with Crippen LogP contribution in [-0.4, -0.2) is 10.8 Å². The second kappa shape index (κ2) is 8.20. The highest BCUT2D eigenvalue weighted by Gasteiger charge is 1.97. The van der Waals surface area contributed by atoms with E-state index in [1.54, 1.807) is 6.92 Å². The Labute approximate surface area is 148 Å². The maximum Gasteiger partial charge on any atom is 0.130 e. The minimum atomic E-state index is 0.258. The summed E-state index contributed by atoms with van der Waals surface area (Å²) in [7, 11) is 0. The number of carbonyl (C=O) groups excluding carboxylic acids is 1. The van der Waals surface area contributed by atoms with Crippen LogP contribution in [-0.2, 0) is 11.2 Å². The van der Waals surface area contributed by atoms with Crippen LogP contribution < -0.4 is 0 Å². The summed E-state index contributed by atoms with van der Waals surface area (Å²) in [6, 6.07) is 28.6.